The standard InChI is InChI=1S/C28H37ClN2O4/c1-19-10-8-12-22(4)35-28(33)26-20(2)16-21(3)27(29)24(26)17-23(13-9-11-19)30-34-18-25(32)31-14-6-5-7-15-31/h8-10,13,16,19,22H,5-7,11-12,14-15,17-18H2,1-4H3/b10-8+,13-9+,30-23+/t19?,22-/m1/s1. The summed E-state index contributed by atoms with van der Waals surface area (Å²) in [5.74, 6) is -0.129. The molecule has 1 saturated heterocycles. The zero-order valence-electron chi connectivity index (χ0n) is 21.3. The number of esters is 1. The third-order valence-electron chi connectivity index (χ3n) is 6.44. The quantitative estimate of drug-likeness (QED) is 0.291. The van der Waals surface area contributed by atoms with E-state index in [1.165, 1.54) is 0 Å². The Kier molecular flexibility index (Phi) is 9.96. The van der Waals surface area contributed by atoms with Crippen LogP contribution in [0.1, 0.15) is 73.0 Å². The number of likely N-dealkylation sites (tertiary alicyclic amines) is 1. The van der Waals surface area contributed by atoms with Gasteiger partial charge in [0.25, 0.3) is 5.91 Å². The number of ether oxygens (including phenoxy) is 1. The van der Waals surface area contributed by atoms with E-state index in [1.807, 2.05) is 43.9 Å². The highest BCUT2D eigenvalue weighted by Gasteiger charge is 2.23. The molecule has 2 aliphatic rings. The molecule has 3 rings (SSSR count). The van der Waals surface area contributed by atoms with Crippen molar-refractivity contribution in [3.63, 3.8) is 0 Å². The van der Waals surface area contributed by atoms with Gasteiger partial charge in [-0.1, -0.05) is 48.0 Å². The van der Waals surface area contributed by atoms with Crippen molar-refractivity contribution in [3.8, 4) is 0 Å². The van der Waals surface area contributed by atoms with Crippen molar-refractivity contribution >= 4 is 29.2 Å². The lowest BCUT2D eigenvalue weighted by molar-refractivity contribution is -0.137. The maximum absolute atomic E-state index is 13.2. The molecule has 7 heteroatoms. The van der Waals surface area contributed by atoms with Gasteiger partial charge < -0.3 is 14.5 Å². The summed E-state index contributed by atoms with van der Waals surface area (Å²) in [6.45, 7) is 9.26. The number of hydrogen-bond acceptors (Lipinski definition) is 5. The number of halogens is 1. The number of carbonyl (C=O) groups is 2. The third-order valence-corrected chi connectivity index (χ3v) is 6.97. The smallest absolute Gasteiger partial charge is 0.339 e. The summed E-state index contributed by atoms with van der Waals surface area (Å²) < 4.78 is 5.76. The van der Waals surface area contributed by atoms with Crippen LogP contribution in [0.3, 0.4) is 0 Å². The van der Waals surface area contributed by atoms with Crippen LogP contribution >= 0.6 is 11.6 Å². The Hall–Kier alpha value is -2.60. The minimum absolute atomic E-state index is 0.0552. The van der Waals surface area contributed by atoms with Gasteiger partial charge in [-0.2, -0.15) is 0 Å². The Balaban J connectivity index is 1.91. The van der Waals surface area contributed by atoms with Gasteiger partial charge in [-0.3, -0.25) is 4.79 Å². The maximum Gasteiger partial charge on any atom is 0.339 e. The number of amides is 1. The Morgan fingerprint density at radius 3 is 2.63 bits per heavy atom. The molecule has 190 valence electrons. The number of cyclic esters (lactones) is 1. The molecule has 0 radical (unpaired) electrons. The maximum atomic E-state index is 13.2. The molecule has 0 bridgehead atoms. The lowest BCUT2D eigenvalue weighted by atomic mass is 9.94. The van der Waals surface area contributed by atoms with Crippen LogP contribution in [0.15, 0.2) is 35.5 Å². The van der Waals surface area contributed by atoms with E-state index in [0.29, 0.717) is 40.6 Å². The monoisotopic (exact) mass is 500 g/mol. The van der Waals surface area contributed by atoms with E-state index < -0.39 is 5.97 Å². The molecule has 2 atom stereocenters. The summed E-state index contributed by atoms with van der Waals surface area (Å²) in [7, 11) is 0. The van der Waals surface area contributed by atoms with Crippen LogP contribution in [0.25, 0.3) is 0 Å². The summed E-state index contributed by atoms with van der Waals surface area (Å²) in [4.78, 5) is 33.0. The second-order valence-corrected chi connectivity index (χ2v) is 10.0. The predicted molar refractivity (Wildman–Crippen MR) is 140 cm³/mol. The highest BCUT2D eigenvalue weighted by molar-refractivity contribution is 6.33. The predicted octanol–water partition coefficient (Wildman–Crippen LogP) is 5.97. The lowest BCUT2D eigenvalue weighted by Gasteiger charge is -2.26. The number of hydrogen-bond donors (Lipinski definition) is 0. The zero-order chi connectivity index (χ0) is 25.4. The van der Waals surface area contributed by atoms with Gasteiger partial charge in [0.1, 0.15) is 6.10 Å². The molecule has 0 N–H and O–H groups in total. The topological polar surface area (TPSA) is 68.2 Å². The molecular weight excluding hydrogens is 464 g/mol. The molecule has 0 saturated carbocycles. The molecule has 1 fully saturated rings. The van der Waals surface area contributed by atoms with E-state index in [1.54, 1.807) is 0 Å². The zero-order valence-corrected chi connectivity index (χ0v) is 22.1. The van der Waals surface area contributed by atoms with Crippen molar-refractivity contribution in [1.29, 1.82) is 0 Å². The van der Waals surface area contributed by atoms with Crippen LogP contribution in [0.2, 0.25) is 5.02 Å². The van der Waals surface area contributed by atoms with Crippen molar-refractivity contribution in [1.82, 2.24) is 4.90 Å². The Morgan fingerprint density at radius 1 is 1.14 bits per heavy atom. The summed E-state index contributed by atoms with van der Waals surface area (Å²) in [5, 5.41) is 4.82. The normalized spacial score (nSPS) is 24.8. The minimum atomic E-state index is -0.394. The highest BCUT2D eigenvalue weighted by atomic mass is 35.5. The van der Waals surface area contributed by atoms with Crippen molar-refractivity contribution in [2.45, 2.75) is 72.3 Å². The van der Waals surface area contributed by atoms with Crippen molar-refractivity contribution in [2.24, 2.45) is 11.1 Å². The largest absolute Gasteiger partial charge is 0.459 e. The van der Waals surface area contributed by atoms with Gasteiger partial charge in [-0.25, -0.2) is 4.79 Å². The fourth-order valence-corrected chi connectivity index (χ4v) is 4.71. The van der Waals surface area contributed by atoms with E-state index in [-0.39, 0.29) is 18.6 Å². The van der Waals surface area contributed by atoms with E-state index in [0.717, 1.165) is 49.9 Å². The van der Waals surface area contributed by atoms with Crippen molar-refractivity contribution < 1.29 is 19.2 Å². The van der Waals surface area contributed by atoms with Crippen LogP contribution in [-0.4, -0.2) is 48.3 Å². The molecule has 2 aliphatic heterocycles. The first-order valence-electron chi connectivity index (χ1n) is 12.6. The minimum Gasteiger partial charge on any atom is -0.459 e. The van der Waals surface area contributed by atoms with Crippen molar-refractivity contribution in [3.05, 3.63) is 57.6 Å². The van der Waals surface area contributed by atoms with Crippen LogP contribution in [0.4, 0.5) is 0 Å². The van der Waals surface area contributed by atoms with E-state index >= 15 is 0 Å². The summed E-state index contributed by atoms with van der Waals surface area (Å²) >= 11 is 6.71. The van der Waals surface area contributed by atoms with Gasteiger partial charge in [0.05, 0.1) is 11.3 Å². The molecule has 1 aromatic carbocycles. The fraction of sp³-hybridized carbons (Fsp3) is 0.536. The second kappa shape index (κ2) is 12.9. The molecule has 1 amide bonds. The molecule has 1 aromatic rings. The molecule has 0 spiro atoms. The van der Waals surface area contributed by atoms with Crippen LogP contribution < -0.4 is 0 Å². The summed E-state index contributed by atoms with van der Waals surface area (Å²) in [6.07, 6.45) is 12.9. The molecule has 1 unspecified atom stereocenters. The van der Waals surface area contributed by atoms with Gasteiger partial charge in [-0.15, -0.1) is 0 Å². The first kappa shape index (κ1) is 27.0. The number of piperidine rings is 1. The van der Waals surface area contributed by atoms with Crippen LogP contribution in [0.5, 0.6) is 0 Å². The third kappa shape index (κ3) is 7.69. The number of fused-ring (bicyclic) bond motifs is 1. The number of oxime groups is 1. The second-order valence-electron chi connectivity index (χ2n) is 9.65. The number of benzene rings is 1. The molecule has 0 aliphatic carbocycles. The number of aryl methyl sites for hydroxylation is 2. The van der Waals surface area contributed by atoms with Gasteiger partial charge >= 0.3 is 5.97 Å². The first-order valence-corrected chi connectivity index (χ1v) is 12.9. The Morgan fingerprint density at radius 2 is 1.89 bits per heavy atom. The average Bonchev–Trinajstić information content (AvgIpc) is 2.82. The molecule has 35 heavy (non-hydrogen) atoms. The Labute approximate surface area is 214 Å². The molecule has 0 aromatic heterocycles. The average molecular weight is 501 g/mol. The number of carbonyl (C=O) groups excluding carboxylic acids is 2. The Bertz CT molecular complexity index is 1010. The van der Waals surface area contributed by atoms with E-state index in [4.69, 9.17) is 21.2 Å². The van der Waals surface area contributed by atoms with Gasteiger partial charge in [0.15, 0.2) is 6.61 Å². The molecular formula is C28H37ClN2O4. The number of rotatable bonds is 3. The number of nitrogens with zero attached hydrogens (tertiary/aromatic N) is 2. The van der Waals surface area contributed by atoms with Crippen LogP contribution in [-0.2, 0) is 20.8 Å². The van der Waals surface area contributed by atoms with Gasteiger partial charge in [0.2, 0.25) is 0 Å². The molecule has 6 nitrogen and oxygen atoms in total. The lowest BCUT2D eigenvalue weighted by Crippen LogP contribution is -2.37. The highest BCUT2D eigenvalue weighted by Crippen LogP contribution is 2.30. The number of allylic oxidation sites excluding steroid dienone is 3. The van der Waals surface area contributed by atoms with Crippen LogP contribution in [0, 0.1) is 19.8 Å². The molecule has 2 heterocycles. The SMILES string of the molecule is Cc1cc(C)c2c(c1Cl)CC(=N/OCC(=O)N1CCCCC1)/C=C/CC(C)/C=C/C[C@@H](C)OC2=O. The summed E-state index contributed by atoms with van der Waals surface area (Å²) in [6, 6.07) is 1.90. The summed E-state index contributed by atoms with van der Waals surface area (Å²) in [5.41, 5.74) is 3.41. The van der Waals surface area contributed by atoms with E-state index in [2.05, 4.69) is 24.2 Å². The van der Waals surface area contributed by atoms with Crippen molar-refractivity contribution in [2.75, 3.05) is 19.7 Å². The van der Waals surface area contributed by atoms with Gasteiger partial charge in [0, 0.05) is 31.0 Å². The van der Waals surface area contributed by atoms with E-state index in [9.17, 15) is 9.59 Å². The fourth-order valence-electron chi connectivity index (χ4n) is 4.49. The van der Waals surface area contributed by atoms with Gasteiger partial charge in [-0.05, 0) is 75.1 Å². The first-order chi connectivity index (χ1) is 16.8.